The van der Waals surface area contributed by atoms with Gasteiger partial charge in [-0.3, -0.25) is 4.79 Å². The molecule has 26 heavy (non-hydrogen) atoms. The molecule has 1 aromatic carbocycles. The summed E-state index contributed by atoms with van der Waals surface area (Å²) in [5.74, 6) is 0.107. The van der Waals surface area contributed by atoms with Crippen molar-refractivity contribution >= 4 is 5.91 Å². The lowest BCUT2D eigenvalue weighted by atomic mass is 10.2. The summed E-state index contributed by atoms with van der Waals surface area (Å²) in [4.78, 5) is 11.3. The highest BCUT2D eigenvalue weighted by Crippen LogP contribution is 1.97. The molecule has 0 aromatic heterocycles. The van der Waals surface area contributed by atoms with Gasteiger partial charge in [0.1, 0.15) is 0 Å². The fourth-order valence-corrected chi connectivity index (χ4v) is 1.86. The fourth-order valence-electron chi connectivity index (χ4n) is 1.86. The summed E-state index contributed by atoms with van der Waals surface area (Å²) >= 11 is 0. The first-order valence-electron chi connectivity index (χ1n) is 9.60. The number of rotatable bonds is 10. The summed E-state index contributed by atoms with van der Waals surface area (Å²) < 4.78 is 0. The van der Waals surface area contributed by atoms with Crippen molar-refractivity contribution in [2.75, 3.05) is 13.1 Å². The van der Waals surface area contributed by atoms with Gasteiger partial charge in [-0.15, -0.1) is 0 Å². The lowest BCUT2D eigenvalue weighted by molar-refractivity contribution is -0.120. The minimum atomic E-state index is 0.107. The van der Waals surface area contributed by atoms with E-state index in [4.69, 9.17) is 0 Å². The Morgan fingerprint density at radius 1 is 1.04 bits per heavy atom. The summed E-state index contributed by atoms with van der Waals surface area (Å²) in [6.07, 6.45) is 11.9. The Morgan fingerprint density at radius 3 is 2.23 bits per heavy atom. The zero-order valence-electron chi connectivity index (χ0n) is 17.1. The Balaban J connectivity index is 0. The third-order valence-electron chi connectivity index (χ3n) is 3.14. The van der Waals surface area contributed by atoms with Gasteiger partial charge < -0.3 is 10.6 Å². The highest BCUT2D eigenvalue weighted by molar-refractivity contribution is 5.77. The van der Waals surface area contributed by atoms with Crippen LogP contribution < -0.4 is 10.6 Å². The van der Waals surface area contributed by atoms with Gasteiger partial charge in [-0.1, -0.05) is 81.1 Å². The Labute approximate surface area is 161 Å². The normalized spacial score (nSPS) is 9.85. The third kappa shape index (κ3) is 19.9. The van der Waals surface area contributed by atoms with Crippen molar-refractivity contribution in [1.82, 2.24) is 10.6 Å². The first-order chi connectivity index (χ1) is 12.7. The van der Waals surface area contributed by atoms with E-state index in [0.29, 0.717) is 6.42 Å². The predicted molar refractivity (Wildman–Crippen MR) is 116 cm³/mol. The predicted octanol–water partition coefficient (Wildman–Crippen LogP) is 5.41. The van der Waals surface area contributed by atoms with Crippen molar-refractivity contribution in [3.8, 4) is 0 Å². The van der Waals surface area contributed by atoms with Crippen LogP contribution in [0.1, 0.15) is 52.5 Å². The summed E-state index contributed by atoms with van der Waals surface area (Å²) in [7, 11) is 0. The molecule has 0 bridgehead atoms. The summed E-state index contributed by atoms with van der Waals surface area (Å²) in [5.41, 5.74) is 1.31. The largest absolute Gasteiger partial charge is 0.356 e. The van der Waals surface area contributed by atoms with Crippen LogP contribution in [-0.4, -0.2) is 19.0 Å². The number of carbonyl (C=O) groups is 1. The average Bonchev–Trinajstić information content (AvgIpc) is 2.69. The first-order valence-corrected chi connectivity index (χ1v) is 9.60. The Kier molecular flexibility index (Phi) is 23.0. The molecule has 3 nitrogen and oxygen atoms in total. The van der Waals surface area contributed by atoms with Gasteiger partial charge in [-0.05, 0) is 38.8 Å². The van der Waals surface area contributed by atoms with E-state index in [1.807, 2.05) is 58.1 Å². The number of benzene rings is 1. The number of hydrogen-bond donors (Lipinski definition) is 2. The SMILES string of the molecule is C/C=C\CC(=O)NCCCCNCc1ccccc1.C=C/C=C\C.CC. The van der Waals surface area contributed by atoms with Gasteiger partial charge in [0.15, 0.2) is 0 Å². The molecular weight excluding hydrogens is 320 g/mol. The molecule has 1 aromatic rings. The summed E-state index contributed by atoms with van der Waals surface area (Å²) in [5, 5.41) is 6.31. The molecule has 2 N–H and O–H groups in total. The van der Waals surface area contributed by atoms with Crippen LogP contribution in [-0.2, 0) is 11.3 Å². The van der Waals surface area contributed by atoms with Crippen LogP contribution in [0, 0.1) is 0 Å². The van der Waals surface area contributed by atoms with Crippen LogP contribution in [0.25, 0.3) is 0 Å². The molecule has 0 heterocycles. The number of hydrogen-bond acceptors (Lipinski definition) is 2. The van der Waals surface area contributed by atoms with Crippen LogP contribution in [0.15, 0.2) is 67.3 Å². The van der Waals surface area contributed by atoms with E-state index in [0.717, 1.165) is 32.5 Å². The molecule has 1 amide bonds. The van der Waals surface area contributed by atoms with Gasteiger partial charge in [-0.25, -0.2) is 0 Å². The van der Waals surface area contributed by atoms with Gasteiger partial charge in [0.2, 0.25) is 5.91 Å². The van der Waals surface area contributed by atoms with E-state index in [2.05, 4.69) is 41.5 Å². The number of unbranched alkanes of at least 4 members (excludes halogenated alkanes) is 1. The molecule has 0 aliphatic rings. The van der Waals surface area contributed by atoms with Crippen LogP contribution in [0.5, 0.6) is 0 Å². The molecule has 3 heteroatoms. The number of nitrogens with one attached hydrogen (secondary N) is 2. The topological polar surface area (TPSA) is 41.1 Å². The minimum Gasteiger partial charge on any atom is -0.356 e. The molecule has 0 saturated carbocycles. The van der Waals surface area contributed by atoms with Crippen molar-refractivity contribution < 1.29 is 4.79 Å². The molecule has 0 aliphatic heterocycles. The summed E-state index contributed by atoms with van der Waals surface area (Å²) in [6.45, 7) is 14.0. The number of allylic oxidation sites excluding steroid dienone is 4. The number of amides is 1. The molecular formula is C23H38N2O. The van der Waals surface area contributed by atoms with Gasteiger partial charge in [0, 0.05) is 19.5 Å². The van der Waals surface area contributed by atoms with Gasteiger partial charge in [0.25, 0.3) is 0 Å². The van der Waals surface area contributed by atoms with Gasteiger partial charge >= 0.3 is 0 Å². The average molecular weight is 359 g/mol. The monoisotopic (exact) mass is 358 g/mol. The van der Waals surface area contributed by atoms with Crippen molar-refractivity contribution in [1.29, 1.82) is 0 Å². The van der Waals surface area contributed by atoms with Crippen molar-refractivity contribution in [3.63, 3.8) is 0 Å². The highest BCUT2D eigenvalue weighted by atomic mass is 16.1. The minimum absolute atomic E-state index is 0.107. The van der Waals surface area contributed by atoms with Gasteiger partial charge in [0.05, 0.1) is 0 Å². The van der Waals surface area contributed by atoms with Gasteiger partial charge in [-0.2, -0.15) is 0 Å². The van der Waals surface area contributed by atoms with Crippen LogP contribution in [0.3, 0.4) is 0 Å². The van der Waals surface area contributed by atoms with E-state index < -0.39 is 0 Å². The highest BCUT2D eigenvalue weighted by Gasteiger charge is 1.96. The van der Waals surface area contributed by atoms with Crippen LogP contribution in [0.2, 0.25) is 0 Å². The maximum absolute atomic E-state index is 11.3. The molecule has 0 unspecified atom stereocenters. The van der Waals surface area contributed by atoms with Crippen LogP contribution in [0.4, 0.5) is 0 Å². The maximum Gasteiger partial charge on any atom is 0.223 e. The van der Waals surface area contributed by atoms with Crippen LogP contribution >= 0.6 is 0 Å². The Morgan fingerprint density at radius 2 is 1.69 bits per heavy atom. The van der Waals surface area contributed by atoms with Crippen molar-refractivity contribution in [2.24, 2.45) is 0 Å². The number of carbonyl (C=O) groups excluding carboxylic acids is 1. The Bertz CT molecular complexity index is 478. The fraction of sp³-hybridized carbons (Fsp3) is 0.435. The molecule has 0 fully saturated rings. The molecule has 0 spiro atoms. The van der Waals surface area contributed by atoms with Crippen molar-refractivity contribution in [2.45, 2.75) is 53.5 Å². The lowest BCUT2D eigenvalue weighted by Gasteiger charge is -2.06. The zero-order valence-corrected chi connectivity index (χ0v) is 17.1. The van der Waals surface area contributed by atoms with E-state index >= 15 is 0 Å². The standard InChI is InChI=1S/C16H24N2O.C5H8.C2H6/c1-2-3-11-16(19)18-13-8-7-12-17-14-15-9-5-4-6-10-15;1-3-5-4-2;1-2/h2-6,9-10,17H,7-8,11-14H2,1H3,(H,18,19);3-5H,1H2,2H3;1-2H3/b3-2-;5-4-;. The smallest absolute Gasteiger partial charge is 0.223 e. The molecule has 1 rings (SSSR count). The first kappa shape index (κ1) is 26.1. The lowest BCUT2D eigenvalue weighted by Crippen LogP contribution is -2.24. The zero-order chi connectivity index (χ0) is 19.9. The second kappa shape index (κ2) is 22.9. The quantitative estimate of drug-likeness (QED) is 0.333. The maximum atomic E-state index is 11.3. The molecule has 146 valence electrons. The van der Waals surface area contributed by atoms with E-state index in [-0.39, 0.29) is 5.91 Å². The molecule has 0 atom stereocenters. The third-order valence-corrected chi connectivity index (χ3v) is 3.14. The molecule has 0 aliphatic carbocycles. The molecule has 0 saturated heterocycles. The summed E-state index contributed by atoms with van der Waals surface area (Å²) in [6, 6.07) is 10.4. The van der Waals surface area contributed by atoms with E-state index in [9.17, 15) is 4.79 Å². The Hall–Kier alpha value is -2.13. The second-order valence-electron chi connectivity index (χ2n) is 5.25. The molecule has 0 radical (unpaired) electrons. The van der Waals surface area contributed by atoms with E-state index in [1.165, 1.54) is 5.56 Å². The second-order valence-corrected chi connectivity index (χ2v) is 5.25. The van der Waals surface area contributed by atoms with E-state index in [1.54, 1.807) is 6.08 Å². The van der Waals surface area contributed by atoms with Crippen molar-refractivity contribution in [3.05, 3.63) is 72.9 Å².